The van der Waals surface area contributed by atoms with Crippen molar-refractivity contribution < 1.29 is 9.18 Å². The minimum Gasteiger partial charge on any atom is -0.326 e. The largest absolute Gasteiger partial charge is 0.326 e. The molecule has 0 atom stereocenters. The van der Waals surface area contributed by atoms with Gasteiger partial charge >= 0.3 is 0 Å². The summed E-state index contributed by atoms with van der Waals surface area (Å²) in [6.07, 6.45) is 1.44. The third-order valence-electron chi connectivity index (χ3n) is 3.52. The maximum Gasteiger partial charge on any atom is 0.228 e. The van der Waals surface area contributed by atoms with E-state index in [2.05, 4.69) is 11.4 Å². The monoisotopic (exact) mass is 347 g/mol. The quantitative estimate of drug-likeness (QED) is 0.855. The average Bonchev–Trinajstić information content (AvgIpc) is 2.56. The summed E-state index contributed by atoms with van der Waals surface area (Å²) in [5, 5.41) is 2.91. The predicted octanol–water partition coefficient (Wildman–Crippen LogP) is 4.88. The van der Waals surface area contributed by atoms with Crippen molar-refractivity contribution in [2.24, 2.45) is 0 Å². The molecule has 23 heavy (non-hydrogen) atoms. The molecule has 1 N–H and O–H groups in total. The summed E-state index contributed by atoms with van der Waals surface area (Å²) in [4.78, 5) is 12.1. The molecule has 2 aromatic carbocycles. The van der Waals surface area contributed by atoms with Gasteiger partial charge in [0, 0.05) is 5.69 Å². The number of amides is 1. The maximum absolute atomic E-state index is 13.2. The van der Waals surface area contributed by atoms with E-state index in [4.69, 9.17) is 0 Å². The third kappa shape index (κ3) is 4.75. The van der Waals surface area contributed by atoms with E-state index in [1.54, 1.807) is 12.1 Å². The summed E-state index contributed by atoms with van der Waals surface area (Å²) in [5.74, 6) is 1.93. The normalized spacial score (nSPS) is 15.3. The second-order valence-corrected chi connectivity index (χ2v) is 8.13. The van der Waals surface area contributed by atoms with Crippen LogP contribution >= 0.6 is 23.5 Å². The van der Waals surface area contributed by atoms with Crippen LogP contribution in [0.15, 0.2) is 48.5 Å². The number of benzene rings is 2. The zero-order valence-electron chi connectivity index (χ0n) is 12.6. The maximum atomic E-state index is 13.2. The second-order valence-electron chi connectivity index (χ2n) is 5.41. The number of nitrogens with one attached hydrogen (secondary N) is 1. The molecule has 0 aromatic heterocycles. The fourth-order valence-corrected chi connectivity index (χ4v) is 5.35. The molecule has 1 aliphatic heterocycles. The van der Waals surface area contributed by atoms with E-state index in [9.17, 15) is 9.18 Å². The Bertz CT molecular complexity index is 686. The lowest BCUT2D eigenvalue weighted by Crippen LogP contribution is -2.14. The first-order valence-corrected chi connectivity index (χ1v) is 9.68. The van der Waals surface area contributed by atoms with Gasteiger partial charge in [-0.05, 0) is 53.3 Å². The van der Waals surface area contributed by atoms with Crippen molar-refractivity contribution in [2.45, 2.75) is 17.4 Å². The van der Waals surface area contributed by atoms with E-state index >= 15 is 0 Å². The molecule has 2 aromatic rings. The van der Waals surface area contributed by atoms with Gasteiger partial charge in [0.1, 0.15) is 5.82 Å². The molecular formula is C18H18FNOS2. The first-order valence-electron chi connectivity index (χ1n) is 7.58. The van der Waals surface area contributed by atoms with Crippen LogP contribution in [0.25, 0.3) is 0 Å². The number of carbonyl (C=O) groups is 1. The topological polar surface area (TPSA) is 29.1 Å². The lowest BCUT2D eigenvalue weighted by atomic mass is 10.1. The van der Waals surface area contributed by atoms with Gasteiger partial charge in [-0.1, -0.05) is 24.3 Å². The van der Waals surface area contributed by atoms with Crippen LogP contribution in [-0.4, -0.2) is 17.4 Å². The molecule has 0 radical (unpaired) electrons. The van der Waals surface area contributed by atoms with Gasteiger partial charge in [-0.15, -0.1) is 23.5 Å². The fourth-order valence-electron chi connectivity index (χ4n) is 2.48. The van der Waals surface area contributed by atoms with Gasteiger partial charge in [0.05, 0.1) is 11.0 Å². The van der Waals surface area contributed by atoms with Gasteiger partial charge < -0.3 is 5.32 Å². The van der Waals surface area contributed by atoms with Crippen molar-refractivity contribution in [3.8, 4) is 0 Å². The molecule has 5 heteroatoms. The molecular weight excluding hydrogens is 329 g/mol. The molecule has 1 saturated heterocycles. The molecule has 2 nitrogen and oxygen atoms in total. The number of carbonyl (C=O) groups excluding carboxylic acids is 1. The summed E-state index contributed by atoms with van der Waals surface area (Å²) >= 11 is 3.91. The van der Waals surface area contributed by atoms with E-state index in [0.717, 1.165) is 5.69 Å². The molecule has 1 amide bonds. The minimum absolute atomic E-state index is 0.128. The number of halogens is 1. The van der Waals surface area contributed by atoms with Gasteiger partial charge in [0.25, 0.3) is 0 Å². The molecule has 0 unspecified atom stereocenters. The number of anilines is 1. The van der Waals surface area contributed by atoms with Crippen molar-refractivity contribution in [3.05, 3.63) is 65.5 Å². The Morgan fingerprint density at radius 3 is 2.70 bits per heavy atom. The molecule has 0 spiro atoms. The van der Waals surface area contributed by atoms with Crippen molar-refractivity contribution in [1.29, 1.82) is 0 Å². The van der Waals surface area contributed by atoms with Gasteiger partial charge in [0.15, 0.2) is 0 Å². The number of hydrogen-bond donors (Lipinski definition) is 1. The molecule has 3 rings (SSSR count). The van der Waals surface area contributed by atoms with Crippen molar-refractivity contribution in [1.82, 2.24) is 0 Å². The van der Waals surface area contributed by atoms with Crippen LogP contribution in [0.3, 0.4) is 0 Å². The summed E-state index contributed by atoms with van der Waals surface area (Å²) in [6.45, 7) is 0. The Labute approximate surface area is 144 Å². The van der Waals surface area contributed by atoms with E-state index in [1.807, 2.05) is 41.7 Å². The first-order chi connectivity index (χ1) is 11.2. The SMILES string of the molecule is O=C(Cc1cccc(F)c1)Nc1cccc(C2SCCCS2)c1. The smallest absolute Gasteiger partial charge is 0.228 e. The van der Waals surface area contributed by atoms with Crippen molar-refractivity contribution in [3.63, 3.8) is 0 Å². The van der Waals surface area contributed by atoms with Crippen LogP contribution in [0, 0.1) is 5.82 Å². The van der Waals surface area contributed by atoms with Gasteiger partial charge in [0.2, 0.25) is 5.91 Å². The van der Waals surface area contributed by atoms with E-state index in [-0.39, 0.29) is 18.1 Å². The fraction of sp³-hybridized carbons (Fsp3) is 0.278. The molecule has 1 fully saturated rings. The second kappa shape index (κ2) is 7.88. The summed E-state index contributed by atoms with van der Waals surface area (Å²) < 4.78 is 13.6. The minimum atomic E-state index is -0.316. The lowest BCUT2D eigenvalue weighted by molar-refractivity contribution is -0.115. The summed E-state index contributed by atoms with van der Waals surface area (Å²) in [7, 11) is 0. The van der Waals surface area contributed by atoms with Crippen LogP contribution in [0.1, 0.15) is 22.1 Å². The van der Waals surface area contributed by atoms with Crippen LogP contribution in [-0.2, 0) is 11.2 Å². The summed E-state index contributed by atoms with van der Waals surface area (Å²) in [6, 6.07) is 14.2. The Kier molecular flexibility index (Phi) is 5.62. The Balaban J connectivity index is 1.64. The van der Waals surface area contributed by atoms with Crippen LogP contribution in [0.5, 0.6) is 0 Å². The molecule has 0 bridgehead atoms. The average molecular weight is 347 g/mol. The number of rotatable bonds is 4. The van der Waals surface area contributed by atoms with E-state index in [1.165, 1.54) is 35.6 Å². The van der Waals surface area contributed by atoms with E-state index < -0.39 is 0 Å². The standard InChI is InChI=1S/C18H18FNOS2/c19-15-6-1-4-13(10-15)11-17(21)20-16-7-2-5-14(12-16)18-22-8-3-9-23-18/h1-2,4-7,10,12,18H,3,8-9,11H2,(H,20,21). The van der Waals surface area contributed by atoms with Crippen LogP contribution in [0.4, 0.5) is 10.1 Å². The van der Waals surface area contributed by atoms with Crippen LogP contribution in [0.2, 0.25) is 0 Å². The van der Waals surface area contributed by atoms with E-state index in [0.29, 0.717) is 10.1 Å². The lowest BCUT2D eigenvalue weighted by Gasteiger charge is -2.21. The van der Waals surface area contributed by atoms with Gasteiger partial charge in [-0.3, -0.25) is 4.79 Å². The molecule has 1 heterocycles. The van der Waals surface area contributed by atoms with Crippen LogP contribution < -0.4 is 5.32 Å². The van der Waals surface area contributed by atoms with Gasteiger partial charge in [-0.2, -0.15) is 0 Å². The third-order valence-corrected chi connectivity index (χ3v) is 6.54. The molecule has 1 aliphatic rings. The zero-order chi connectivity index (χ0) is 16.1. The highest BCUT2D eigenvalue weighted by molar-refractivity contribution is 8.16. The highest BCUT2D eigenvalue weighted by Gasteiger charge is 2.17. The summed E-state index contributed by atoms with van der Waals surface area (Å²) in [5.41, 5.74) is 2.72. The van der Waals surface area contributed by atoms with Gasteiger partial charge in [-0.25, -0.2) is 4.39 Å². The zero-order valence-corrected chi connectivity index (χ0v) is 14.3. The molecule has 120 valence electrons. The highest BCUT2D eigenvalue weighted by Crippen LogP contribution is 2.44. The Hall–Kier alpha value is -1.46. The molecule has 0 aliphatic carbocycles. The van der Waals surface area contributed by atoms with Crippen molar-refractivity contribution >= 4 is 35.1 Å². The number of thioether (sulfide) groups is 2. The first kappa shape index (κ1) is 16.4. The van der Waals surface area contributed by atoms with Crippen molar-refractivity contribution in [2.75, 3.05) is 16.8 Å². The Morgan fingerprint density at radius 1 is 1.13 bits per heavy atom. The molecule has 0 saturated carbocycles. The number of hydrogen-bond acceptors (Lipinski definition) is 3. The predicted molar refractivity (Wildman–Crippen MR) is 97.4 cm³/mol. The Morgan fingerprint density at radius 2 is 1.91 bits per heavy atom. The highest BCUT2D eigenvalue weighted by atomic mass is 32.2.